The van der Waals surface area contributed by atoms with Gasteiger partial charge in [-0.1, -0.05) is 6.92 Å². The molecule has 15 heavy (non-hydrogen) atoms. The van der Waals surface area contributed by atoms with Gasteiger partial charge in [0.25, 0.3) is 5.91 Å². The molecule has 1 aliphatic rings. The molecule has 4 heteroatoms. The van der Waals surface area contributed by atoms with Gasteiger partial charge in [0.05, 0.1) is 6.04 Å². The van der Waals surface area contributed by atoms with E-state index in [9.17, 15) is 4.79 Å². The van der Waals surface area contributed by atoms with Gasteiger partial charge in [0.1, 0.15) is 0 Å². The van der Waals surface area contributed by atoms with Crippen LogP contribution < -0.4 is 10.7 Å². The first-order valence-corrected chi connectivity index (χ1v) is 5.43. The predicted molar refractivity (Wildman–Crippen MR) is 59.0 cm³/mol. The summed E-state index contributed by atoms with van der Waals surface area (Å²) >= 11 is 0. The van der Waals surface area contributed by atoms with Gasteiger partial charge in [-0.15, -0.1) is 0 Å². The number of aromatic nitrogens is 1. The van der Waals surface area contributed by atoms with Crippen molar-refractivity contribution in [2.24, 2.45) is 5.92 Å². The Morgan fingerprint density at radius 2 is 2.20 bits per heavy atom. The normalized spacial score (nSPS) is 26.2. The molecule has 82 valence electrons. The molecular weight excluding hydrogens is 190 g/mol. The highest BCUT2D eigenvalue weighted by Gasteiger charge is 2.24. The molecule has 2 heterocycles. The van der Waals surface area contributed by atoms with Crippen LogP contribution in [0.3, 0.4) is 0 Å². The summed E-state index contributed by atoms with van der Waals surface area (Å²) in [6, 6.07) is 3.73. The fourth-order valence-corrected chi connectivity index (χ4v) is 1.92. The Hall–Kier alpha value is -1.29. The Kier molecular flexibility index (Phi) is 3.06. The van der Waals surface area contributed by atoms with Crippen LogP contribution in [0.15, 0.2) is 24.5 Å². The van der Waals surface area contributed by atoms with Crippen LogP contribution in [0, 0.1) is 5.92 Å². The Morgan fingerprint density at radius 1 is 1.47 bits per heavy atom. The fraction of sp³-hybridized carbons (Fsp3) is 0.545. The zero-order valence-corrected chi connectivity index (χ0v) is 8.94. The highest BCUT2D eigenvalue weighted by atomic mass is 16.2. The number of nitrogens with one attached hydrogen (secondary N) is 2. The largest absolute Gasteiger partial charge is 0.306 e. The van der Waals surface area contributed by atoms with Gasteiger partial charge in [-0.3, -0.25) is 14.9 Å². The van der Waals surface area contributed by atoms with Gasteiger partial charge in [0.2, 0.25) is 0 Å². The minimum absolute atomic E-state index is 0.0452. The zero-order chi connectivity index (χ0) is 10.7. The van der Waals surface area contributed by atoms with Crippen molar-refractivity contribution >= 4 is 5.91 Å². The molecule has 0 saturated carbocycles. The second-order valence-electron chi connectivity index (χ2n) is 4.20. The summed E-state index contributed by atoms with van der Waals surface area (Å²) in [6.45, 7) is 3.13. The maximum Gasteiger partial charge on any atom is 0.255 e. The minimum atomic E-state index is -0.0452. The first kappa shape index (κ1) is 10.2. The number of rotatable bonds is 2. The van der Waals surface area contributed by atoms with Crippen LogP contribution in [0.2, 0.25) is 0 Å². The summed E-state index contributed by atoms with van der Waals surface area (Å²) in [5.41, 5.74) is 2.83. The summed E-state index contributed by atoms with van der Waals surface area (Å²) < 4.78 is 1.68. The average Bonchev–Trinajstić information content (AvgIpc) is 2.70. The van der Waals surface area contributed by atoms with Gasteiger partial charge in [-0.05, 0) is 37.4 Å². The summed E-state index contributed by atoms with van der Waals surface area (Å²) in [5.74, 6) is 0.685. The van der Waals surface area contributed by atoms with Crippen LogP contribution in [0.4, 0.5) is 0 Å². The Balaban J connectivity index is 1.90. The molecule has 0 bridgehead atoms. The van der Waals surface area contributed by atoms with Crippen LogP contribution in [0.25, 0.3) is 0 Å². The number of carbonyl (C=O) groups is 1. The molecule has 1 aromatic heterocycles. The van der Waals surface area contributed by atoms with E-state index in [1.54, 1.807) is 4.68 Å². The van der Waals surface area contributed by atoms with E-state index in [1.807, 2.05) is 24.5 Å². The number of carbonyl (C=O) groups excluding carboxylic acids is 1. The van der Waals surface area contributed by atoms with Crippen LogP contribution in [0.1, 0.15) is 19.8 Å². The molecule has 2 N–H and O–H groups in total. The third kappa shape index (κ3) is 2.59. The topological polar surface area (TPSA) is 46.1 Å². The number of nitrogens with zero attached hydrogens (tertiary/aromatic N) is 1. The molecule has 2 rings (SSSR count). The molecular formula is C11H17N3O. The number of hydrogen-bond donors (Lipinski definition) is 2. The highest BCUT2D eigenvalue weighted by Crippen LogP contribution is 2.15. The van der Waals surface area contributed by atoms with E-state index in [4.69, 9.17) is 0 Å². The van der Waals surface area contributed by atoms with Crippen molar-refractivity contribution < 1.29 is 4.79 Å². The zero-order valence-electron chi connectivity index (χ0n) is 8.94. The van der Waals surface area contributed by atoms with E-state index in [2.05, 4.69) is 17.7 Å². The average molecular weight is 207 g/mol. The molecule has 1 aromatic rings. The molecule has 2 atom stereocenters. The Labute approximate surface area is 89.6 Å². The first-order chi connectivity index (χ1) is 7.25. The summed E-state index contributed by atoms with van der Waals surface area (Å²) in [5, 5.41) is 3.24. The molecule has 1 fully saturated rings. The SMILES string of the molecule is CC1CCNC(C(=O)Nn2cccc2)C1. The molecule has 1 aliphatic heterocycles. The lowest BCUT2D eigenvalue weighted by atomic mass is 9.94. The molecule has 0 aliphatic carbocycles. The van der Waals surface area contributed by atoms with E-state index >= 15 is 0 Å². The Bertz CT molecular complexity index is 321. The van der Waals surface area contributed by atoms with E-state index in [0.717, 1.165) is 19.4 Å². The second kappa shape index (κ2) is 4.49. The third-order valence-electron chi connectivity index (χ3n) is 2.83. The Morgan fingerprint density at radius 3 is 2.87 bits per heavy atom. The fourth-order valence-electron chi connectivity index (χ4n) is 1.92. The molecule has 1 saturated heterocycles. The monoisotopic (exact) mass is 207 g/mol. The van der Waals surface area contributed by atoms with Gasteiger partial charge >= 0.3 is 0 Å². The smallest absolute Gasteiger partial charge is 0.255 e. The van der Waals surface area contributed by atoms with Crippen molar-refractivity contribution in [3.05, 3.63) is 24.5 Å². The highest BCUT2D eigenvalue weighted by molar-refractivity contribution is 5.88. The molecule has 0 aromatic carbocycles. The van der Waals surface area contributed by atoms with E-state index < -0.39 is 0 Å². The van der Waals surface area contributed by atoms with E-state index in [0.29, 0.717) is 5.92 Å². The minimum Gasteiger partial charge on any atom is -0.306 e. The van der Waals surface area contributed by atoms with Crippen molar-refractivity contribution in [3.8, 4) is 0 Å². The third-order valence-corrected chi connectivity index (χ3v) is 2.83. The molecule has 2 unspecified atom stereocenters. The van der Waals surface area contributed by atoms with Crippen molar-refractivity contribution in [2.75, 3.05) is 12.0 Å². The quantitative estimate of drug-likeness (QED) is 0.758. The van der Waals surface area contributed by atoms with Crippen LogP contribution in [-0.4, -0.2) is 23.2 Å². The molecule has 1 amide bonds. The van der Waals surface area contributed by atoms with Crippen LogP contribution in [0.5, 0.6) is 0 Å². The van der Waals surface area contributed by atoms with Crippen LogP contribution in [-0.2, 0) is 4.79 Å². The maximum atomic E-state index is 11.8. The summed E-state index contributed by atoms with van der Waals surface area (Å²) in [6.07, 6.45) is 5.73. The second-order valence-corrected chi connectivity index (χ2v) is 4.20. The summed E-state index contributed by atoms with van der Waals surface area (Å²) in [7, 11) is 0. The van der Waals surface area contributed by atoms with Gasteiger partial charge in [0, 0.05) is 12.4 Å². The lowest BCUT2D eigenvalue weighted by Crippen LogP contribution is -2.47. The molecule has 4 nitrogen and oxygen atoms in total. The summed E-state index contributed by atoms with van der Waals surface area (Å²) in [4.78, 5) is 11.8. The first-order valence-electron chi connectivity index (χ1n) is 5.43. The van der Waals surface area contributed by atoms with Crippen molar-refractivity contribution in [1.29, 1.82) is 0 Å². The number of hydrogen-bond acceptors (Lipinski definition) is 2. The van der Waals surface area contributed by atoms with Crippen molar-refractivity contribution in [1.82, 2.24) is 9.99 Å². The predicted octanol–water partition coefficient (Wildman–Crippen LogP) is 0.946. The van der Waals surface area contributed by atoms with Crippen molar-refractivity contribution in [2.45, 2.75) is 25.8 Å². The molecule has 0 radical (unpaired) electrons. The standard InChI is InChI=1S/C11H17N3O/c1-9-4-5-12-10(8-9)11(15)13-14-6-2-3-7-14/h2-3,6-7,9-10,12H,4-5,8H2,1H3,(H,13,15). The molecule has 0 spiro atoms. The van der Waals surface area contributed by atoms with Gasteiger partial charge in [0.15, 0.2) is 0 Å². The maximum absolute atomic E-state index is 11.8. The lowest BCUT2D eigenvalue weighted by molar-refractivity contribution is -0.119. The number of piperidine rings is 1. The van der Waals surface area contributed by atoms with Gasteiger partial charge in [-0.25, -0.2) is 0 Å². The van der Waals surface area contributed by atoms with Gasteiger partial charge < -0.3 is 5.32 Å². The van der Waals surface area contributed by atoms with E-state index in [-0.39, 0.29) is 11.9 Å². The van der Waals surface area contributed by atoms with E-state index in [1.165, 1.54) is 0 Å². The van der Waals surface area contributed by atoms with Crippen molar-refractivity contribution in [3.63, 3.8) is 0 Å². The number of amides is 1. The lowest BCUT2D eigenvalue weighted by Gasteiger charge is -2.27. The van der Waals surface area contributed by atoms with Crippen LogP contribution >= 0.6 is 0 Å². The van der Waals surface area contributed by atoms with Gasteiger partial charge in [-0.2, -0.15) is 0 Å².